The molecule has 0 aliphatic rings. The number of ether oxygens (including phenoxy) is 1. The van der Waals surface area contributed by atoms with Gasteiger partial charge in [-0.15, -0.1) is 0 Å². The number of benzene rings is 2. The third kappa shape index (κ3) is 4.30. The van der Waals surface area contributed by atoms with Crippen LogP contribution in [-0.4, -0.2) is 27.5 Å². The van der Waals surface area contributed by atoms with Gasteiger partial charge in [0.1, 0.15) is 23.6 Å². The summed E-state index contributed by atoms with van der Waals surface area (Å²) in [5.41, 5.74) is 2.54. The number of anilines is 3. The third-order valence-electron chi connectivity index (χ3n) is 4.22. The Kier molecular flexibility index (Phi) is 5.29. The van der Waals surface area contributed by atoms with Crippen molar-refractivity contribution in [1.82, 2.24) is 15.0 Å². The highest BCUT2D eigenvalue weighted by molar-refractivity contribution is 6.03. The van der Waals surface area contributed by atoms with Crippen LogP contribution in [0, 0.1) is 0 Å². The highest BCUT2D eigenvalue weighted by atomic mass is 16.5. The van der Waals surface area contributed by atoms with Crippen LogP contribution in [0.25, 0.3) is 10.9 Å². The molecular weight excluding hydrogens is 366 g/mol. The Hall–Kier alpha value is -4.00. The van der Waals surface area contributed by atoms with Gasteiger partial charge in [-0.05, 0) is 43.3 Å². The van der Waals surface area contributed by atoms with Gasteiger partial charge in [-0.3, -0.25) is 9.78 Å². The zero-order valence-electron chi connectivity index (χ0n) is 15.8. The van der Waals surface area contributed by atoms with E-state index < -0.39 is 0 Å². The molecule has 4 aromatic rings. The minimum absolute atomic E-state index is 0.254. The van der Waals surface area contributed by atoms with Crippen LogP contribution in [0.4, 0.5) is 17.2 Å². The molecule has 4 rings (SSSR count). The fourth-order valence-corrected chi connectivity index (χ4v) is 2.89. The van der Waals surface area contributed by atoms with E-state index in [9.17, 15) is 4.79 Å². The average Bonchev–Trinajstić information content (AvgIpc) is 2.76. The first kappa shape index (κ1) is 18.4. The van der Waals surface area contributed by atoms with Gasteiger partial charge >= 0.3 is 0 Å². The molecule has 2 heterocycles. The number of nitrogens with one attached hydrogen (secondary N) is 2. The maximum Gasteiger partial charge on any atom is 0.274 e. The normalized spacial score (nSPS) is 10.5. The second-order valence-electron chi connectivity index (χ2n) is 6.21. The number of hydrogen-bond donors (Lipinski definition) is 2. The Morgan fingerprint density at radius 1 is 1.00 bits per heavy atom. The van der Waals surface area contributed by atoms with Gasteiger partial charge in [0, 0.05) is 23.3 Å². The van der Waals surface area contributed by atoms with Gasteiger partial charge in [0.2, 0.25) is 0 Å². The maximum atomic E-state index is 12.6. The van der Waals surface area contributed by atoms with Gasteiger partial charge < -0.3 is 15.4 Å². The van der Waals surface area contributed by atoms with Crippen molar-refractivity contribution in [2.45, 2.75) is 6.92 Å². The predicted molar refractivity (Wildman–Crippen MR) is 113 cm³/mol. The number of amides is 1. The second kappa shape index (κ2) is 8.35. The SMILES string of the molecule is CCOc1ccc(NC(=O)c2cc(Nc3cccc4cccnc34)ncn2)cc1. The molecule has 0 aliphatic carbocycles. The Morgan fingerprint density at radius 2 is 1.83 bits per heavy atom. The largest absolute Gasteiger partial charge is 0.494 e. The van der Waals surface area contributed by atoms with Crippen molar-refractivity contribution in [3.8, 4) is 5.75 Å². The van der Waals surface area contributed by atoms with Crippen LogP contribution in [0.2, 0.25) is 0 Å². The average molecular weight is 385 g/mol. The second-order valence-corrected chi connectivity index (χ2v) is 6.21. The van der Waals surface area contributed by atoms with Crippen LogP contribution in [-0.2, 0) is 0 Å². The van der Waals surface area contributed by atoms with E-state index in [1.165, 1.54) is 6.33 Å². The lowest BCUT2D eigenvalue weighted by Gasteiger charge is -2.10. The summed E-state index contributed by atoms with van der Waals surface area (Å²) in [7, 11) is 0. The molecule has 2 aromatic carbocycles. The highest BCUT2D eigenvalue weighted by Crippen LogP contribution is 2.24. The van der Waals surface area contributed by atoms with E-state index >= 15 is 0 Å². The topological polar surface area (TPSA) is 89.0 Å². The Labute approximate surface area is 167 Å². The molecule has 0 atom stereocenters. The number of carbonyl (C=O) groups excluding carboxylic acids is 1. The van der Waals surface area contributed by atoms with Gasteiger partial charge in [-0.1, -0.05) is 18.2 Å². The fourth-order valence-electron chi connectivity index (χ4n) is 2.89. The third-order valence-corrected chi connectivity index (χ3v) is 4.22. The van der Waals surface area contributed by atoms with Crippen molar-refractivity contribution in [3.63, 3.8) is 0 Å². The summed E-state index contributed by atoms with van der Waals surface area (Å²) in [5, 5.41) is 7.05. The van der Waals surface area contributed by atoms with E-state index in [0.717, 1.165) is 22.3 Å². The van der Waals surface area contributed by atoms with Crippen LogP contribution in [0.15, 0.2) is 73.2 Å². The van der Waals surface area contributed by atoms with E-state index in [0.29, 0.717) is 18.1 Å². The van der Waals surface area contributed by atoms with Crippen molar-refractivity contribution in [2.75, 3.05) is 17.2 Å². The smallest absolute Gasteiger partial charge is 0.274 e. The molecule has 0 saturated heterocycles. The molecule has 0 radical (unpaired) electrons. The molecule has 7 nitrogen and oxygen atoms in total. The van der Waals surface area contributed by atoms with Crippen molar-refractivity contribution >= 4 is 34.0 Å². The lowest BCUT2D eigenvalue weighted by Crippen LogP contribution is -2.14. The number of carbonyl (C=O) groups is 1. The van der Waals surface area contributed by atoms with E-state index in [2.05, 4.69) is 25.6 Å². The molecule has 2 N–H and O–H groups in total. The number of fused-ring (bicyclic) bond motifs is 1. The first-order valence-corrected chi connectivity index (χ1v) is 9.20. The lowest BCUT2D eigenvalue weighted by molar-refractivity contribution is 0.102. The summed E-state index contributed by atoms with van der Waals surface area (Å²) < 4.78 is 5.41. The van der Waals surface area contributed by atoms with Crippen LogP contribution >= 0.6 is 0 Å². The number of aromatic nitrogens is 3. The first-order chi connectivity index (χ1) is 14.2. The Bertz CT molecular complexity index is 1140. The standard InChI is InChI=1S/C22H19N5O2/c1-2-29-17-10-8-16(9-11-17)26-22(28)19-13-20(25-14-24-19)27-18-7-3-5-15-6-4-12-23-21(15)18/h3-14H,2H2,1H3,(H,26,28)(H,24,25,27). The van der Waals surface area contributed by atoms with Crippen LogP contribution in [0.5, 0.6) is 5.75 Å². The van der Waals surface area contributed by atoms with Crippen molar-refractivity contribution in [1.29, 1.82) is 0 Å². The van der Waals surface area contributed by atoms with Crippen molar-refractivity contribution < 1.29 is 9.53 Å². The summed E-state index contributed by atoms with van der Waals surface area (Å²) >= 11 is 0. The van der Waals surface area contributed by atoms with Gasteiger partial charge in [-0.25, -0.2) is 9.97 Å². The van der Waals surface area contributed by atoms with Crippen LogP contribution in [0.3, 0.4) is 0 Å². The minimum atomic E-state index is -0.323. The number of rotatable bonds is 6. The Balaban J connectivity index is 1.51. The Morgan fingerprint density at radius 3 is 2.66 bits per heavy atom. The molecule has 0 spiro atoms. The lowest BCUT2D eigenvalue weighted by atomic mass is 10.2. The zero-order chi connectivity index (χ0) is 20.1. The molecule has 0 saturated carbocycles. The number of para-hydroxylation sites is 1. The van der Waals surface area contributed by atoms with E-state index in [-0.39, 0.29) is 11.6 Å². The summed E-state index contributed by atoms with van der Waals surface area (Å²) in [5.74, 6) is 0.938. The summed E-state index contributed by atoms with van der Waals surface area (Å²) in [6, 6.07) is 18.5. The monoisotopic (exact) mass is 385 g/mol. The fraction of sp³-hybridized carbons (Fsp3) is 0.0909. The number of pyridine rings is 1. The zero-order valence-corrected chi connectivity index (χ0v) is 15.8. The molecular formula is C22H19N5O2. The molecule has 144 valence electrons. The summed E-state index contributed by atoms with van der Waals surface area (Å²) in [6.45, 7) is 2.51. The molecule has 0 aliphatic heterocycles. The van der Waals surface area contributed by atoms with Gasteiger partial charge in [0.05, 0.1) is 17.8 Å². The molecule has 7 heteroatoms. The molecule has 0 bridgehead atoms. The predicted octanol–water partition coefficient (Wildman–Crippen LogP) is 4.42. The van der Waals surface area contributed by atoms with Crippen LogP contribution < -0.4 is 15.4 Å². The molecule has 1 amide bonds. The molecule has 2 aromatic heterocycles. The van der Waals surface area contributed by atoms with Gasteiger partial charge in [0.25, 0.3) is 5.91 Å². The molecule has 0 unspecified atom stereocenters. The van der Waals surface area contributed by atoms with E-state index in [4.69, 9.17) is 4.74 Å². The van der Waals surface area contributed by atoms with Crippen LogP contribution in [0.1, 0.15) is 17.4 Å². The van der Waals surface area contributed by atoms with Crippen molar-refractivity contribution in [2.24, 2.45) is 0 Å². The number of nitrogens with zero attached hydrogens (tertiary/aromatic N) is 3. The van der Waals surface area contributed by atoms with E-state index in [1.54, 1.807) is 36.5 Å². The van der Waals surface area contributed by atoms with Crippen molar-refractivity contribution in [3.05, 3.63) is 78.9 Å². The summed E-state index contributed by atoms with van der Waals surface area (Å²) in [4.78, 5) is 25.3. The first-order valence-electron chi connectivity index (χ1n) is 9.20. The quantitative estimate of drug-likeness (QED) is 0.511. The number of hydrogen-bond acceptors (Lipinski definition) is 6. The van der Waals surface area contributed by atoms with E-state index in [1.807, 2.05) is 37.3 Å². The molecule has 0 fully saturated rings. The van der Waals surface area contributed by atoms with Gasteiger partial charge in [-0.2, -0.15) is 0 Å². The maximum absolute atomic E-state index is 12.6. The minimum Gasteiger partial charge on any atom is -0.494 e. The molecule has 29 heavy (non-hydrogen) atoms. The van der Waals surface area contributed by atoms with Gasteiger partial charge in [0.15, 0.2) is 0 Å². The summed E-state index contributed by atoms with van der Waals surface area (Å²) in [6.07, 6.45) is 3.09. The highest BCUT2D eigenvalue weighted by Gasteiger charge is 2.10.